The fraction of sp³-hybridized carbons (Fsp3) is 0.459. The Morgan fingerprint density at radius 1 is 0.609 bits per heavy atom. The van der Waals surface area contributed by atoms with Crippen LogP contribution in [0.15, 0.2) is 72.8 Å². The number of ether oxygens (including phenoxy) is 4. The lowest BCUT2D eigenvalue weighted by Gasteiger charge is -2.20. The van der Waals surface area contributed by atoms with Crippen molar-refractivity contribution in [2.45, 2.75) is 90.3 Å². The first-order valence-corrected chi connectivity index (χ1v) is 16.2. The number of benzene rings is 3. The van der Waals surface area contributed by atoms with Crippen LogP contribution >= 0.6 is 0 Å². The minimum atomic E-state index is -4.65. The highest BCUT2D eigenvalue weighted by Crippen LogP contribution is 2.29. The number of esters is 2. The predicted octanol–water partition coefficient (Wildman–Crippen LogP) is 10.00. The topological polar surface area (TPSA) is 71.1 Å². The molecule has 0 unspecified atom stereocenters. The van der Waals surface area contributed by atoms with Gasteiger partial charge in [-0.2, -0.15) is 13.2 Å². The van der Waals surface area contributed by atoms with E-state index in [0.717, 1.165) is 62.2 Å². The largest absolute Gasteiger partial charge is 0.494 e. The van der Waals surface area contributed by atoms with Gasteiger partial charge in [-0.15, -0.1) is 0 Å². The molecule has 0 N–H and O–H groups in total. The van der Waals surface area contributed by atoms with E-state index in [1.54, 1.807) is 12.1 Å². The Morgan fingerprint density at radius 2 is 1.11 bits per heavy atom. The third-order valence-corrected chi connectivity index (χ3v) is 7.39. The maximum Gasteiger partial charge on any atom is 0.425 e. The average Bonchev–Trinajstić information content (AvgIpc) is 3.05. The van der Waals surface area contributed by atoms with Crippen molar-refractivity contribution in [3.05, 3.63) is 83.9 Å². The van der Waals surface area contributed by atoms with Gasteiger partial charge in [0.05, 0.1) is 17.7 Å². The molecule has 0 aliphatic rings. The maximum absolute atomic E-state index is 13.4. The summed E-state index contributed by atoms with van der Waals surface area (Å²) in [6.07, 6.45) is 0.979. The number of hydrogen-bond donors (Lipinski definition) is 0. The van der Waals surface area contributed by atoms with Crippen molar-refractivity contribution in [3.8, 4) is 22.6 Å². The molecule has 0 aliphatic carbocycles. The first-order chi connectivity index (χ1) is 22.2. The Balaban J connectivity index is 1.45. The molecule has 0 saturated heterocycles. The fourth-order valence-electron chi connectivity index (χ4n) is 4.66. The van der Waals surface area contributed by atoms with E-state index in [1.807, 2.05) is 43.3 Å². The lowest BCUT2D eigenvalue weighted by molar-refractivity contribution is -0.206. The van der Waals surface area contributed by atoms with Crippen molar-refractivity contribution in [2.24, 2.45) is 0 Å². The molecule has 0 aliphatic heterocycles. The molecule has 0 spiro atoms. The van der Waals surface area contributed by atoms with Gasteiger partial charge in [-0.25, -0.2) is 9.59 Å². The molecule has 0 amide bonds. The van der Waals surface area contributed by atoms with E-state index in [9.17, 15) is 22.8 Å². The molecule has 250 valence electrons. The third kappa shape index (κ3) is 12.9. The van der Waals surface area contributed by atoms with E-state index in [2.05, 4.69) is 6.92 Å². The Kier molecular flexibility index (Phi) is 15.6. The van der Waals surface area contributed by atoms with Gasteiger partial charge in [0.25, 0.3) is 0 Å². The summed E-state index contributed by atoms with van der Waals surface area (Å²) in [4.78, 5) is 25.1. The minimum Gasteiger partial charge on any atom is -0.494 e. The van der Waals surface area contributed by atoms with Crippen LogP contribution in [-0.4, -0.2) is 44.0 Å². The quantitative estimate of drug-likeness (QED) is 0.0694. The van der Waals surface area contributed by atoms with Crippen LogP contribution < -0.4 is 9.47 Å². The summed E-state index contributed by atoms with van der Waals surface area (Å²) in [5, 5.41) is 0. The zero-order chi connectivity index (χ0) is 33.2. The van der Waals surface area contributed by atoms with Crippen LogP contribution in [0.1, 0.15) is 98.8 Å². The molecule has 3 aromatic rings. The first kappa shape index (κ1) is 36.6. The van der Waals surface area contributed by atoms with E-state index < -0.39 is 24.2 Å². The number of carbonyl (C=O) groups excluding carboxylic acids is 2. The van der Waals surface area contributed by atoms with E-state index in [1.165, 1.54) is 37.1 Å². The van der Waals surface area contributed by atoms with Crippen molar-refractivity contribution in [1.82, 2.24) is 0 Å². The molecule has 1 atom stereocenters. The van der Waals surface area contributed by atoms with Gasteiger partial charge in [0.15, 0.2) is 6.10 Å². The summed E-state index contributed by atoms with van der Waals surface area (Å²) in [7, 11) is 0. The van der Waals surface area contributed by atoms with E-state index >= 15 is 0 Å². The number of alkyl halides is 3. The minimum absolute atomic E-state index is 0.0638. The normalized spacial score (nSPS) is 12.0. The molecule has 0 heterocycles. The zero-order valence-corrected chi connectivity index (χ0v) is 26.8. The molecular formula is C37H45F3O6. The van der Waals surface area contributed by atoms with Crippen molar-refractivity contribution in [1.29, 1.82) is 0 Å². The van der Waals surface area contributed by atoms with Crippen molar-refractivity contribution in [3.63, 3.8) is 0 Å². The number of unbranched alkanes of at least 4 members (excludes halogenated alkanes) is 6. The number of halogens is 3. The second kappa shape index (κ2) is 19.6. The summed E-state index contributed by atoms with van der Waals surface area (Å²) < 4.78 is 61.8. The van der Waals surface area contributed by atoms with Crippen LogP contribution in [0.25, 0.3) is 11.1 Å². The highest BCUT2D eigenvalue weighted by Gasteiger charge is 2.42. The molecule has 0 aromatic heterocycles. The van der Waals surface area contributed by atoms with E-state index in [0.29, 0.717) is 25.0 Å². The molecule has 3 rings (SSSR count). The summed E-state index contributed by atoms with van der Waals surface area (Å²) in [5.41, 5.74) is 2.13. The maximum atomic E-state index is 13.4. The van der Waals surface area contributed by atoms with Gasteiger partial charge in [-0.05, 0) is 91.8 Å². The number of carbonyl (C=O) groups is 2. The van der Waals surface area contributed by atoms with Gasteiger partial charge in [0, 0.05) is 13.2 Å². The molecule has 0 fully saturated rings. The Morgan fingerprint density at radius 3 is 1.72 bits per heavy atom. The summed E-state index contributed by atoms with van der Waals surface area (Å²) >= 11 is 0. The predicted molar refractivity (Wildman–Crippen MR) is 172 cm³/mol. The smallest absolute Gasteiger partial charge is 0.425 e. The number of hydrogen-bond acceptors (Lipinski definition) is 6. The molecule has 6 nitrogen and oxygen atoms in total. The molecular weight excluding hydrogens is 597 g/mol. The van der Waals surface area contributed by atoms with E-state index in [4.69, 9.17) is 18.9 Å². The van der Waals surface area contributed by atoms with Crippen molar-refractivity contribution in [2.75, 3.05) is 19.8 Å². The first-order valence-electron chi connectivity index (χ1n) is 16.2. The van der Waals surface area contributed by atoms with Gasteiger partial charge >= 0.3 is 18.1 Å². The van der Waals surface area contributed by atoms with Crippen LogP contribution in [0.2, 0.25) is 0 Å². The average molecular weight is 643 g/mol. The van der Waals surface area contributed by atoms with Gasteiger partial charge in [-0.1, -0.05) is 70.2 Å². The SMILES string of the molecule is CCCCCC[C@@H](OC(=O)c1ccc(OC(=O)c2ccc(-c3ccc(OCCCCOCCCCC)cc3)cc2)cc1)C(F)(F)F. The Hall–Kier alpha value is -3.85. The summed E-state index contributed by atoms with van der Waals surface area (Å²) in [5.74, 6) is -0.756. The molecule has 0 bridgehead atoms. The fourth-order valence-corrected chi connectivity index (χ4v) is 4.66. The Bertz CT molecular complexity index is 1300. The van der Waals surface area contributed by atoms with Crippen LogP contribution in [0.5, 0.6) is 11.5 Å². The second-order valence-electron chi connectivity index (χ2n) is 11.2. The van der Waals surface area contributed by atoms with E-state index in [-0.39, 0.29) is 17.7 Å². The van der Waals surface area contributed by atoms with Gasteiger partial charge in [0.1, 0.15) is 11.5 Å². The summed E-state index contributed by atoms with van der Waals surface area (Å²) in [6, 6.07) is 19.9. The van der Waals surface area contributed by atoms with Crippen LogP contribution in [0.4, 0.5) is 13.2 Å². The molecule has 0 radical (unpaired) electrons. The highest BCUT2D eigenvalue weighted by molar-refractivity contribution is 5.92. The molecule has 46 heavy (non-hydrogen) atoms. The summed E-state index contributed by atoms with van der Waals surface area (Å²) in [6.45, 7) is 6.34. The lowest BCUT2D eigenvalue weighted by Crippen LogP contribution is -2.33. The highest BCUT2D eigenvalue weighted by atomic mass is 19.4. The van der Waals surface area contributed by atoms with Gasteiger partial charge in [-0.3, -0.25) is 0 Å². The van der Waals surface area contributed by atoms with Crippen LogP contribution in [0, 0.1) is 0 Å². The standard InChI is InChI=1S/C37H45F3O6/c1-3-5-7-8-12-34(37(38,39)40)46-36(42)31-19-23-33(24-20-31)45-35(41)30-15-13-28(14-16-30)29-17-21-32(22-18-29)44-27-11-10-26-43-25-9-6-4-2/h13-24,34H,3-12,25-27H2,1-2H3/t34-/m1/s1. The third-order valence-electron chi connectivity index (χ3n) is 7.39. The van der Waals surface area contributed by atoms with Crippen LogP contribution in [0.3, 0.4) is 0 Å². The van der Waals surface area contributed by atoms with Gasteiger partial charge < -0.3 is 18.9 Å². The number of rotatable bonds is 20. The van der Waals surface area contributed by atoms with Crippen LogP contribution in [-0.2, 0) is 9.47 Å². The monoisotopic (exact) mass is 642 g/mol. The molecule has 0 saturated carbocycles. The second-order valence-corrected chi connectivity index (χ2v) is 11.2. The zero-order valence-electron chi connectivity index (χ0n) is 26.8. The lowest BCUT2D eigenvalue weighted by atomic mass is 10.0. The molecule has 3 aromatic carbocycles. The van der Waals surface area contributed by atoms with Crippen molar-refractivity contribution < 1.29 is 41.7 Å². The van der Waals surface area contributed by atoms with Gasteiger partial charge in [0.2, 0.25) is 0 Å². The Labute approximate surface area is 270 Å². The molecule has 9 heteroatoms. The van der Waals surface area contributed by atoms with Crippen molar-refractivity contribution >= 4 is 11.9 Å².